The lowest BCUT2D eigenvalue weighted by Gasteiger charge is -2.02. The van der Waals surface area contributed by atoms with E-state index in [4.69, 9.17) is 21.1 Å². The lowest BCUT2D eigenvalue weighted by Crippen LogP contribution is -2.06. The summed E-state index contributed by atoms with van der Waals surface area (Å²) in [6, 6.07) is 10.6. The van der Waals surface area contributed by atoms with E-state index in [1.54, 1.807) is 19.2 Å². The second kappa shape index (κ2) is 5.94. The topological polar surface area (TPSA) is 35.5 Å². The van der Waals surface area contributed by atoms with Crippen molar-refractivity contribution < 1.29 is 18.7 Å². The molecule has 0 aliphatic carbocycles. The van der Waals surface area contributed by atoms with Crippen LogP contribution in [0.3, 0.4) is 0 Å². The summed E-state index contributed by atoms with van der Waals surface area (Å²) in [7, 11) is 1.56. The first-order valence-electron chi connectivity index (χ1n) is 6.32. The number of carbonyl (C=O) groups excluding carboxylic acids is 1. The Morgan fingerprint density at radius 3 is 2.50 bits per heavy atom. The van der Waals surface area contributed by atoms with Gasteiger partial charge in [0, 0.05) is 10.1 Å². The van der Waals surface area contributed by atoms with E-state index in [0.717, 1.165) is 10.1 Å². The van der Waals surface area contributed by atoms with Gasteiger partial charge < -0.3 is 9.47 Å². The molecule has 6 heteroatoms. The van der Waals surface area contributed by atoms with Crippen LogP contribution in [0.25, 0.3) is 10.1 Å². The fraction of sp³-hybridized carbons (Fsp3) is 0.0625. The lowest BCUT2D eigenvalue weighted by molar-refractivity contribution is 0.0740. The number of halogens is 2. The Bertz CT molecular complexity index is 842. The highest BCUT2D eigenvalue weighted by atomic mass is 35.5. The predicted octanol–water partition coefficient (Wildman–Crippen LogP) is 4.92. The molecule has 1 aromatic heterocycles. The third-order valence-electron chi connectivity index (χ3n) is 3.04. The van der Waals surface area contributed by atoms with Crippen molar-refractivity contribution in [2.24, 2.45) is 0 Å². The second-order valence-corrected chi connectivity index (χ2v) is 5.88. The molecule has 22 heavy (non-hydrogen) atoms. The molecular weight excluding hydrogens is 327 g/mol. The van der Waals surface area contributed by atoms with Gasteiger partial charge in [-0.15, -0.1) is 11.3 Å². The van der Waals surface area contributed by atoms with Crippen LogP contribution in [0.5, 0.6) is 11.5 Å². The zero-order chi connectivity index (χ0) is 15.7. The maximum atomic E-state index is 12.9. The quantitative estimate of drug-likeness (QED) is 0.503. The highest BCUT2D eigenvalue weighted by molar-refractivity contribution is 7.21. The highest BCUT2D eigenvalue weighted by Crippen LogP contribution is 2.37. The first kappa shape index (κ1) is 14.8. The van der Waals surface area contributed by atoms with Gasteiger partial charge in [-0.25, -0.2) is 9.18 Å². The molecule has 0 fully saturated rings. The molecular formula is C16H10ClFO3S. The Balaban J connectivity index is 1.93. The van der Waals surface area contributed by atoms with Crippen molar-refractivity contribution in [3.8, 4) is 11.5 Å². The van der Waals surface area contributed by atoms with Crippen LogP contribution < -0.4 is 9.47 Å². The van der Waals surface area contributed by atoms with Gasteiger partial charge in [-0.2, -0.15) is 0 Å². The minimum absolute atomic E-state index is 0.262. The molecule has 0 radical (unpaired) electrons. The maximum absolute atomic E-state index is 12.9. The Hall–Kier alpha value is -2.11. The summed E-state index contributed by atoms with van der Waals surface area (Å²) in [6.07, 6.45) is 0. The Morgan fingerprint density at radius 1 is 1.14 bits per heavy atom. The SMILES string of the molecule is COc1ccc2sc(C(=O)Oc3ccc(F)cc3)c(Cl)c2c1. The minimum Gasteiger partial charge on any atom is -0.497 e. The van der Waals surface area contributed by atoms with E-state index in [1.165, 1.54) is 35.6 Å². The summed E-state index contributed by atoms with van der Waals surface area (Å²) in [5.41, 5.74) is 0. The van der Waals surface area contributed by atoms with Crippen molar-refractivity contribution in [3.63, 3.8) is 0 Å². The van der Waals surface area contributed by atoms with Gasteiger partial charge in [-0.3, -0.25) is 0 Å². The molecule has 0 amide bonds. The van der Waals surface area contributed by atoms with E-state index >= 15 is 0 Å². The third-order valence-corrected chi connectivity index (χ3v) is 4.70. The number of carbonyl (C=O) groups is 1. The van der Waals surface area contributed by atoms with Crippen LogP contribution in [-0.2, 0) is 0 Å². The Morgan fingerprint density at radius 2 is 1.82 bits per heavy atom. The van der Waals surface area contributed by atoms with Gasteiger partial charge in [0.05, 0.1) is 12.1 Å². The number of thiophene rings is 1. The van der Waals surface area contributed by atoms with Crippen LogP contribution in [0, 0.1) is 5.82 Å². The fourth-order valence-corrected chi connectivity index (χ4v) is 3.32. The number of hydrogen-bond donors (Lipinski definition) is 0. The monoisotopic (exact) mass is 336 g/mol. The van der Waals surface area contributed by atoms with Gasteiger partial charge >= 0.3 is 5.97 Å². The number of esters is 1. The van der Waals surface area contributed by atoms with Crippen LogP contribution in [0.15, 0.2) is 42.5 Å². The normalized spacial score (nSPS) is 10.7. The number of hydrogen-bond acceptors (Lipinski definition) is 4. The summed E-state index contributed by atoms with van der Waals surface area (Å²) in [6.45, 7) is 0. The first-order chi connectivity index (χ1) is 10.6. The van der Waals surface area contributed by atoms with Crippen molar-refractivity contribution in [1.29, 1.82) is 0 Å². The van der Waals surface area contributed by atoms with Crippen molar-refractivity contribution in [2.45, 2.75) is 0 Å². The Labute approximate surface area is 134 Å². The second-order valence-electron chi connectivity index (χ2n) is 4.45. The zero-order valence-corrected chi connectivity index (χ0v) is 13.0. The smallest absolute Gasteiger partial charge is 0.355 e. The number of methoxy groups -OCH3 is 1. The molecule has 0 spiro atoms. The maximum Gasteiger partial charge on any atom is 0.355 e. The molecule has 3 rings (SSSR count). The van der Waals surface area contributed by atoms with E-state index in [-0.39, 0.29) is 5.75 Å². The average molecular weight is 337 g/mol. The zero-order valence-electron chi connectivity index (χ0n) is 11.4. The molecule has 0 saturated carbocycles. The minimum atomic E-state index is -0.572. The molecule has 0 N–H and O–H groups in total. The largest absolute Gasteiger partial charge is 0.497 e. The molecule has 0 aliphatic rings. The van der Waals surface area contributed by atoms with Crippen molar-refractivity contribution in [1.82, 2.24) is 0 Å². The standard InChI is InChI=1S/C16H10ClFO3S/c1-20-11-6-7-13-12(8-11)14(17)15(22-13)16(19)21-10-4-2-9(18)3-5-10/h2-8H,1H3. The summed E-state index contributed by atoms with van der Waals surface area (Å²) in [5, 5.41) is 1.06. The van der Waals surface area contributed by atoms with Crippen LogP contribution in [0.4, 0.5) is 4.39 Å². The van der Waals surface area contributed by atoms with E-state index in [1.807, 2.05) is 6.07 Å². The van der Waals surface area contributed by atoms with Gasteiger partial charge in [-0.1, -0.05) is 11.6 Å². The fourth-order valence-electron chi connectivity index (χ4n) is 1.96. The van der Waals surface area contributed by atoms with E-state index < -0.39 is 11.8 Å². The predicted molar refractivity (Wildman–Crippen MR) is 84.7 cm³/mol. The van der Waals surface area contributed by atoms with E-state index in [9.17, 15) is 9.18 Å². The molecule has 0 saturated heterocycles. The summed E-state index contributed by atoms with van der Waals surface area (Å²) in [4.78, 5) is 12.5. The molecule has 3 nitrogen and oxygen atoms in total. The third kappa shape index (κ3) is 2.77. The highest BCUT2D eigenvalue weighted by Gasteiger charge is 2.19. The van der Waals surface area contributed by atoms with Crippen molar-refractivity contribution in [2.75, 3.05) is 7.11 Å². The molecule has 0 bridgehead atoms. The number of benzene rings is 2. The van der Waals surface area contributed by atoms with Crippen LogP contribution in [0.1, 0.15) is 9.67 Å². The van der Waals surface area contributed by atoms with Gasteiger partial charge in [0.15, 0.2) is 0 Å². The number of fused-ring (bicyclic) bond motifs is 1. The summed E-state index contributed by atoms with van der Waals surface area (Å²) < 4.78 is 24.1. The molecule has 3 aromatic rings. The molecule has 1 heterocycles. The summed E-state index contributed by atoms with van der Waals surface area (Å²) in [5.74, 6) is -0.0493. The van der Waals surface area contributed by atoms with Gasteiger partial charge in [0.1, 0.15) is 22.2 Å². The number of ether oxygens (including phenoxy) is 2. The lowest BCUT2D eigenvalue weighted by atomic mass is 10.2. The van der Waals surface area contributed by atoms with E-state index in [0.29, 0.717) is 15.6 Å². The van der Waals surface area contributed by atoms with Crippen molar-refractivity contribution in [3.05, 3.63) is 58.2 Å². The molecule has 0 atom stereocenters. The Kier molecular flexibility index (Phi) is 4.00. The van der Waals surface area contributed by atoms with Crippen LogP contribution in [0.2, 0.25) is 5.02 Å². The molecule has 0 unspecified atom stereocenters. The van der Waals surface area contributed by atoms with Gasteiger partial charge in [0.25, 0.3) is 0 Å². The molecule has 2 aromatic carbocycles. The first-order valence-corrected chi connectivity index (χ1v) is 7.51. The summed E-state index contributed by atoms with van der Waals surface area (Å²) >= 11 is 7.50. The molecule has 0 aliphatic heterocycles. The number of rotatable bonds is 3. The average Bonchev–Trinajstić information content (AvgIpc) is 2.86. The van der Waals surface area contributed by atoms with Crippen molar-refractivity contribution >= 4 is 39.0 Å². The van der Waals surface area contributed by atoms with Crippen LogP contribution >= 0.6 is 22.9 Å². The molecule has 112 valence electrons. The van der Waals surface area contributed by atoms with Gasteiger partial charge in [0.2, 0.25) is 0 Å². The van der Waals surface area contributed by atoms with E-state index in [2.05, 4.69) is 0 Å². The van der Waals surface area contributed by atoms with Crippen LogP contribution in [-0.4, -0.2) is 13.1 Å². The van der Waals surface area contributed by atoms with Gasteiger partial charge in [-0.05, 0) is 42.5 Å².